The van der Waals surface area contributed by atoms with Gasteiger partial charge >= 0.3 is 5.97 Å². The van der Waals surface area contributed by atoms with Gasteiger partial charge in [0.25, 0.3) is 0 Å². The Morgan fingerprint density at radius 1 is 1.20 bits per heavy atom. The highest BCUT2D eigenvalue weighted by molar-refractivity contribution is 5.77. The van der Waals surface area contributed by atoms with Gasteiger partial charge in [0.15, 0.2) is 11.5 Å². The number of hydrogen-bond acceptors (Lipinski definition) is 5. The molecule has 0 amide bonds. The molecule has 2 aromatic rings. The molecule has 5 heteroatoms. The first-order valence-corrected chi connectivity index (χ1v) is 8.35. The lowest BCUT2D eigenvalue weighted by molar-refractivity contribution is -0.140. The molecule has 1 aliphatic rings. The normalized spacial score (nSPS) is 15.7. The molecule has 1 aliphatic heterocycles. The topological polar surface area (TPSA) is 54.0 Å². The summed E-state index contributed by atoms with van der Waals surface area (Å²) in [6.45, 7) is 4.79. The Hall–Kier alpha value is -2.69. The SMILES string of the molecule is CCOc1ccc2c(c1)CC(C(=O)Oc1ccc(C)cc1OC)CO2. The van der Waals surface area contributed by atoms with Crippen LogP contribution in [-0.2, 0) is 11.2 Å². The molecule has 0 fully saturated rings. The Morgan fingerprint density at radius 3 is 2.80 bits per heavy atom. The second-order valence-electron chi connectivity index (χ2n) is 5.99. The molecular weight excluding hydrogens is 320 g/mol. The third-order valence-corrected chi connectivity index (χ3v) is 4.11. The molecule has 0 bridgehead atoms. The number of carbonyl (C=O) groups is 1. The molecule has 0 aliphatic carbocycles. The highest BCUT2D eigenvalue weighted by Gasteiger charge is 2.28. The number of hydrogen-bond donors (Lipinski definition) is 0. The molecule has 1 atom stereocenters. The van der Waals surface area contributed by atoms with Crippen molar-refractivity contribution in [3.8, 4) is 23.0 Å². The van der Waals surface area contributed by atoms with E-state index in [1.54, 1.807) is 13.2 Å². The Kier molecular flexibility index (Phi) is 5.12. The first-order valence-electron chi connectivity index (χ1n) is 8.35. The summed E-state index contributed by atoms with van der Waals surface area (Å²) in [6.07, 6.45) is 0.559. The third kappa shape index (κ3) is 3.87. The van der Waals surface area contributed by atoms with Crippen LogP contribution in [-0.4, -0.2) is 26.3 Å². The summed E-state index contributed by atoms with van der Waals surface area (Å²) < 4.78 is 22.1. The molecule has 0 spiro atoms. The van der Waals surface area contributed by atoms with Crippen LogP contribution in [0, 0.1) is 12.8 Å². The van der Waals surface area contributed by atoms with Crippen molar-refractivity contribution in [1.29, 1.82) is 0 Å². The van der Waals surface area contributed by atoms with E-state index in [4.69, 9.17) is 18.9 Å². The molecule has 1 unspecified atom stereocenters. The van der Waals surface area contributed by atoms with E-state index in [0.29, 0.717) is 31.1 Å². The Labute approximate surface area is 147 Å². The third-order valence-electron chi connectivity index (χ3n) is 4.11. The largest absolute Gasteiger partial charge is 0.494 e. The second-order valence-corrected chi connectivity index (χ2v) is 5.99. The average Bonchev–Trinajstić information content (AvgIpc) is 2.62. The van der Waals surface area contributed by atoms with E-state index in [2.05, 4.69) is 0 Å². The summed E-state index contributed by atoms with van der Waals surface area (Å²) >= 11 is 0. The highest BCUT2D eigenvalue weighted by atomic mass is 16.6. The van der Waals surface area contributed by atoms with Crippen molar-refractivity contribution in [3.63, 3.8) is 0 Å². The van der Waals surface area contributed by atoms with Gasteiger partial charge in [-0.25, -0.2) is 0 Å². The predicted octanol–water partition coefficient (Wildman–Crippen LogP) is 3.56. The minimum absolute atomic E-state index is 0.300. The summed E-state index contributed by atoms with van der Waals surface area (Å²) in [4.78, 5) is 12.6. The van der Waals surface area contributed by atoms with E-state index in [0.717, 1.165) is 22.6 Å². The molecule has 0 saturated carbocycles. The van der Waals surface area contributed by atoms with Crippen LogP contribution in [0.4, 0.5) is 0 Å². The minimum atomic E-state index is -0.365. The number of methoxy groups -OCH3 is 1. The van der Waals surface area contributed by atoms with Gasteiger partial charge in [-0.3, -0.25) is 4.79 Å². The van der Waals surface area contributed by atoms with Crippen molar-refractivity contribution in [2.24, 2.45) is 5.92 Å². The standard InChI is InChI=1S/C20H22O5/c1-4-23-16-6-8-17-14(11-16)10-15(12-24-17)20(21)25-18-7-5-13(2)9-19(18)22-3/h5-9,11,15H,4,10,12H2,1-3H3. The monoisotopic (exact) mass is 342 g/mol. The first kappa shape index (κ1) is 17.1. The summed E-state index contributed by atoms with van der Waals surface area (Å²) in [5.41, 5.74) is 1.99. The number of rotatable bonds is 5. The zero-order valence-electron chi connectivity index (χ0n) is 14.7. The molecule has 132 valence electrons. The van der Waals surface area contributed by atoms with Crippen LogP contribution in [0.25, 0.3) is 0 Å². The zero-order chi connectivity index (χ0) is 17.8. The maximum atomic E-state index is 12.6. The number of carbonyl (C=O) groups excluding carboxylic acids is 1. The van der Waals surface area contributed by atoms with Crippen LogP contribution >= 0.6 is 0 Å². The van der Waals surface area contributed by atoms with Crippen molar-refractivity contribution in [3.05, 3.63) is 47.5 Å². The van der Waals surface area contributed by atoms with E-state index in [-0.39, 0.29) is 11.9 Å². The van der Waals surface area contributed by atoms with E-state index in [1.807, 2.05) is 44.2 Å². The molecule has 0 aromatic heterocycles. The van der Waals surface area contributed by atoms with Crippen molar-refractivity contribution in [2.75, 3.05) is 20.3 Å². The van der Waals surface area contributed by atoms with E-state index in [9.17, 15) is 4.79 Å². The van der Waals surface area contributed by atoms with Gasteiger partial charge < -0.3 is 18.9 Å². The van der Waals surface area contributed by atoms with Gasteiger partial charge in [0.2, 0.25) is 0 Å². The predicted molar refractivity (Wildman–Crippen MR) is 93.7 cm³/mol. The van der Waals surface area contributed by atoms with Crippen LogP contribution in [0.15, 0.2) is 36.4 Å². The fourth-order valence-electron chi connectivity index (χ4n) is 2.83. The number of benzene rings is 2. The quantitative estimate of drug-likeness (QED) is 0.614. The Morgan fingerprint density at radius 2 is 2.04 bits per heavy atom. The molecule has 3 rings (SSSR count). The van der Waals surface area contributed by atoms with Crippen LogP contribution in [0.3, 0.4) is 0 Å². The molecule has 0 radical (unpaired) electrons. The van der Waals surface area contributed by atoms with Crippen LogP contribution in [0.2, 0.25) is 0 Å². The van der Waals surface area contributed by atoms with Gasteiger partial charge in [-0.1, -0.05) is 6.07 Å². The van der Waals surface area contributed by atoms with Crippen LogP contribution in [0.5, 0.6) is 23.0 Å². The number of aryl methyl sites for hydroxylation is 1. The zero-order valence-corrected chi connectivity index (χ0v) is 14.7. The van der Waals surface area contributed by atoms with E-state index < -0.39 is 0 Å². The average molecular weight is 342 g/mol. The van der Waals surface area contributed by atoms with Gasteiger partial charge in [-0.2, -0.15) is 0 Å². The second kappa shape index (κ2) is 7.47. The Balaban J connectivity index is 1.73. The fraction of sp³-hybridized carbons (Fsp3) is 0.350. The lowest BCUT2D eigenvalue weighted by atomic mass is 9.96. The lowest BCUT2D eigenvalue weighted by Gasteiger charge is -2.24. The fourth-order valence-corrected chi connectivity index (χ4v) is 2.83. The molecule has 1 heterocycles. The lowest BCUT2D eigenvalue weighted by Crippen LogP contribution is -2.31. The molecule has 25 heavy (non-hydrogen) atoms. The van der Waals surface area contributed by atoms with Gasteiger partial charge in [0, 0.05) is 0 Å². The number of ether oxygens (including phenoxy) is 4. The number of esters is 1. The van der Waals surface area contributed by atoms with Crippen molar-refractivity contribution in [2.45, 2.75) is 20.3 Å². The van der Waals surface area contributed by atoms with Gasteiger partial charge in [0.1, 0.15) is 18.1 Å². The summed E-state index contributed by atoms with van der Waals surface area (Å²) in [5, 5.41) is 0. The molecule has 0 N–H and O–H groups in total. The minimum Gasteiger partial charge on any atom is -0.494 e. The highest BCUT2D eigenvalue weighted by Crippen LogP contribution is 2.33. The van der Waals surface area contributed by atoms with Gasteiger partial charge in [-0.15, -0.1) is 0 Å². The number of fused-ring (bicyclic) bond motifs is 1. The molecule has 2 aromatic carbocycles. The van der Waals surface area contributed by atoms with Crippen LogP contribution < -0.4 is 18.9 Å². The van der Waals surface area contributed by atoms with E-state index in [1.165, 1.54) is 0 Å². The van der Waals surface area contributed by atoms with Crippen molar-refractivity contribution >= 4 is 5.97 Å². The van der Waals surface area contributed by atoms with Crippen LogP contribution in [0.1, 0.15) is 18.1 Å². The first-order chi connectivity index (χ1) is 12.1. The molecular formula is C20H22O5. The van der Waals surface area contributed by atoms with Crippen molar-refractivity contribution < 1.29 is 23.7 Å². The van der Waals surface area contributed by atoms with Gasteiger partial charge in [0.05, 0.1) is 19.6 Å². The maximum Gasteiger partial charge on any atom is 0.318 e. The summed E-state index contributed by atoms with van der Waals surface area (Å²) in [6, 6.07) is 11.1. The Bertz CT molecular complexity index is 769. The van der Waals surface area contributed by atoms with Crippen molar-refractivity contribution in [1.82, 2.24) is 0 Å². The van der Waals surface area contributed by atoms with Gasteiger partial charge in [-0.05, 0) is 61.7 Å². The smallest absolute Gasteiger partial charge is 0.318 e. The summed E-state index contributed by atoms with van der Waals surface area (Å²) in [5.74, 6) is 1.85. The maximum absolute atomic E-state index is 12.6. The molecule has 0 saturated heterocycles. The summed E-state index contributed by atoms with van der Waals surface area (Å²) in [7, 11) is 1.56. The van der Waals surface area contributed by atoms with E-state index >= 15 is 0 Å². The molecule has 5 nitrogen and oxygen atoms in total.